The van der Waals surface area contributed by atoms with Crippen LogP contribution in [-0.2, 0) is 4.74 Å². The van der Waals surface area contributed by atoms with E-state index in [1.165, 1.54) is 0 Å². The topological polar surface area (TPSA) is 71.6 Å². The van der Waals surface area contributed by atoms with Crippen LogP contribution in [-0.4, -0.2) is 53.1 Å². The number of likely N-dealkylation sites (tertiary alicyclic amines) is 1. The van der Waals surface area contributed by atoms with Gasteiger partial charge in [-0.1, -0.05) is 5.16 Å². The Morgan fingerprint density at radius 3 is 3.12 bits per heavy atom. The van der Waals surface area contributed by atoms with Crippen LogP contribution in [0, 0.1) is 6.92 Å². The summed E-state index contributed by atoms with van der Waals surface area (Å²) < 4.78 is 9.94. The molecule has 1 saturated heterocycles. The van der Waals surface area contributed by atoms with Crippen molar-refractivity contribution < 1.29 is 14.4 Å². The number of aliphatic hydroxyl groups excluding tert-OH is 1. The first-order valence-electron chi connectivity index (χ1n) is 5.92. The normalized spacial score (nSPS) is 23.1. The van der Waals surface area contributed by atoms with Crippen molar-refractivity contribution in [3.8, 4) is 0 Å². The van der Waals surface area contributed by atoms with Gasteiger partial charge in [0.15, 0.2) is 5.82 Å². The molecule has 2 rings (SSSR count). The van der Waals surface area contributed by atoms with Crippen LogP contribution in [0.15, 0.2) is 4.52 Å². The maximum absolute atomic E-state index is 9.75. The molecule has 0 spiro atoms. The lowest BCUT2D eigenvalue weighted by molar-refractivity contribution is 0.0336. The number of methoxy groups -OCH3 is 1. The molecular formula is C11H19N3O3. The van der Waals surface area contributed by atoms with Gasteiger partial charge in [-0.15, -0.1) is 0 Å². The predicted molar refractivity (Wildman–Crippen MR) is 60.5 cm³/mol. The fourth-order valence-electron chi connectivity index (χ4n) is 2.30. The van der Waals surface area contributed by atoms with E-state index in [4.69, 9.17) is 9.26 Å². The predicted octanol–water partition coefficient (Wildman–Crippen LogP) is 0.522. The van der Waals surface area contributed by atoms with Crippen LogP contribution in [0.3, 0.4) is 0 Å². The van der Waals surface area contributed by atoms with E-state index in [-0.39, 0.29) is 6.04 Å². The molecule has 2 atom stereocenters. The fourth-order valence-corrected chi connectivity index (χ4v) is 2.30. The van der Waals surface area contributed by atoms with Gasteiger partial charge in [0.05, 0.1) is 18.8 Å². The number of aryl methyl sites for hydroxylation is 1. The summed E-state index contributed by atoms with van der Waals surface area (Å²) in [7, 11) is 1.59. The second-order valence-electron chi connectivity index (χ2n) is 4.43. The lowest BCUT2D eigenvalue weighted by Gasteiger charge is -2.24. The monoisotopic (exact) mass is 241 g/mol. The van der Waals surface area contributed by atoms with E-state index in [1.54, 1.807) is 14.0 Å². The minimum absolute atomic E-state index is 0.166. The Balaban J connectivity index is 1.97. The third-order valence-electron chi connectivity index (χ3n) is 3.01. The van der Waals surface area contributed by atoms with Crippen molar-refractivity contribution in [2.24, 2.45) is 0 Å². The van der Waals surface area contributed by atoms with Gasteiger partial charge in [-0.25, -0.2) is 0 Å². The van der Waals surface area contributed by atoms with Gasteiger partial charge >= 0.3 is 0 Å². The van der Waals surface area contributed by atoms with Crippen molar-refractivity contribution in [1.29, 1.82) is 0 Å². The van der Waals surface area contributed by atoms with Gasteiger partial charge in [-0.3, -0.25) is 4.90 Å². The van der Waals surface area contributed by atoms with Crippen LogP contribution in [0.1, 0.15) is 30.6 Å². The molecule has 17 heavy (non-hydrogen) atoms. The third kappa shape index (κ3) is 3.02. The molecule has 2 unspecified atom stereocenters. The Bertz CT molecular complexity index is 355. The Morgan fingerprint density at radius 1 is 1.65 bits per heavy atom. The highest BCUT2D eigenvalue weighted by molar-refractivity contribution is 4.97. The summed E-state index contributed by atoms with van der Waals surface area (Å²) in [6.07, 6.45) is 1.64. The van der Waals surface area contributed by atoms with Gasteiger partial charge in [0.25, 0.3) is 0 Å². The smallest absolute Gasteiger partial charge is 0.223 e. The average molecular weight is 241 g/mol. The Labute approximate surface area is 101 Å². The van der Waals surface area contributed by atoms with E-state index in [9.17, 15) is 5.11 Å². The van der Waals surface area contributed by atoms with Crippen LogP contribution in [0.5, 0.6) is 0 Å². The summed E-state index contributed by atoms with van der Waals surface area (Å²) >= 11 is 0. The second kappa shape index (κ2) is 5.57. The highest BCUT2D eigenvalue weighted by Crippen LogP contribution is 2.29. The summed E-state index contributed by atoms with van der Waals surface area (Å²) in [5.41, 5.74) is 0. The van der Waals surface area contributed by atoms with E-state index >= 15 is 0 Å². The van der Waals surface area contributed by atoms with Gasteiger partial charge in [0.1, 0.15) is 0 Å². The number of aromatic nitrogens is 2. The molecule has 0 saturated carbocycles. The van der Waals surface area contributed by atoms with Gasteiger partial charge in [0.2, 0.25) is 5.89 Å². The molecule has 1 aliphatic heterocycles. The molecular weight excluding hydrogens is 222 g/mol. The number of nitrogens with zero attached hydrogens (tertiary/aromatic N) is 3. The minimum Gasteiger partial charge on any atom is -0.389 e. The highest BCUT2D eigenvalue weighted by atomic mass is 16.5. The second-order valence-corrected chi connectivity index (χ2v) is 4.43. The van der Waals surface area contributed by atoms with Crippen molar-refractivity contribution in [2.75, 3.05) is 26.8 Å². The molecule has 1 aromatic heterocycles. The van der Waals surface area contributed by atoms with Gasteiger partial charge in [0, 0.05) is 20.6 Å². The number of β-amino-alcohol motifs (C(OH)–C–C–N with tert-alkyl or cyclic N) is 1. The van der Waals surface area contributed by atoms with E-state index in [0.29, 0.717) is 19.0 Å². The summed E-state index contributed by atoms with van der Waals surface area (Å²) in [6.45, 7) is 3.69. The molecule has 1 fully saturated rings. The number of hydrogen-bond donors (Lipinski definition) is 1. The van der Waals surface area contributed by atoms with E-state index in [1.807, 2.05) is 0 Å². The Hall–Kier alpha value is -0.980. The van der Waals surface area contributed by atoms with E-state index in [2.05, 4.69) is 15.0 Å². The van der Waals surface area contributed by atoms with Crippen LogP contribution in [0.25, 0.3) is 0 Å². The fraction of sp³-hybridized carbons (Fsp3) is 0.818. The average Bonchev–Trinajstić information content (AvgIpc) is 2.87. The molecule has 0 radical (unpaired) electrons. The SMILES string of the molecule is COCC(O)CN1CCCC1c1noc(C)n1. The lowest BCUT2D eigenvalue weighted by atomic mass is 10.2. The van der Waals surface area contributed by atoms with Crippen molar-refractivity contribution in [2.45, 2.75) is 31.9 Å². The molecule has 1 aliphatic rings. The van der Waals surface area contributed by atoms with Crippen LogP contribution in [0.4, 0.5) is 0 Å². The van der Waals surface area contributed by atoms with E-state index < -0.39 is 6.10 Å². The summed E-state index contributed by atoms with van der Waals surface area (Å²) in [6, 6.07) is 0.166. The molecule has 0 amide bonds. The number of rotatable bonds is 5. The number of aliphatic hydroxyl groups is 1. The molecule has 6 heteroatoms. The molecule has 0 bridgehead atoms. The summed E-state index contributed by atoms with van der Waals surface area (Å²) in [5, 5.41) is 13.7. The zero-order valence-electron chi connectivity index (χ0n) is 10.3. The minimum atomic E-state index is -0.464. The Kier molecular flexibility index (Phi) is 4.09. The van der Waals surface area contributed by atoms with Crippen molar-refractivity contribution in [1.82, 2.24) is 15.0 Å². The Morgan fingerprint density at radius 2 is 2.47 bits per heavy atom. The zero-order valence-corrected chi connectivity index (χ0v) is 10.3. The highest BCUT2D eigenvalue weighted by Gasteiger charge is 2.30. The number of hydrogen-bond acceptors (Lipinski definition) is 6. The molecule has 1 aromatic rings. The van der Waals surface area contributed by atoms with Crippen molar-refractivity contribution in [3.63, 3.8) is 0 Å². The largest absolute Gasteiger partial charge is 0.389 e. The van der Waals surface area contributed by atoms with Crippen LogP contribution < -0.4 is 0 Å². The van der Waals surface area contributed by atoms with Crippen molar-refractivity contribution in [3.05, 3.63) is 11.7 Å². The first-order valence-corrected chi connectivity index (χ1v) is 5.92. The molecule has 6 nitrogen and oxygen atoms in total. The first-order chi connectivity index (χ1) is 8.20. The lowest BCUT2D eigenvalue weighted by Crippen LogP contribution is -2.34. The maximum atomic E-state index is 9.75. The van der Waals surface area contributed by atoms with Crippen LogP contribution >= 0.6 is 0 Å². The quantitative estimate of drug-likeness (QED) is 0.810. The van der Waals surface area contributed by atoms with Gasteiger partial charge in [-0.05, 0) is 19.4 Å². The third-order valence-corrected chi connectivity index (χ3v) is 3.01. The summed E-state index contributed by atoms with van der Waals surface area (Å²) in [5.74, 6) is 1.31. The molecule has 2 heterocycles. The first kappa shape index (κ1) is 12.5. The number of ether oxygens (including phenoxy) is 1. The zero-order chi connectivity index (χ0) is 12.3. The van der Waals surface area contributed by atoms with Gasteiger partial charge in [-0.2, -0.15) is 4.98 Å². The van der Waals surface area contributed by atoms with Crippen molar-refractivity contribution >= 4 is 0 Å². The maximum Gasteiger partial charge on any atom is 0.223 e. The molecule has 0 aromatic carbocycles. The van der Waals surface area contributed by atoms with Gasteiger partial charge < -0.3 is 14.4 Å². The molecule has 1 N–H and O–H groups in total. The molecule has 0 aliphatic carbocycles. The standard InChI is InChI=1S/C11H19N3O3/c1-8-12-11(13-17-8)10-4-3-5-14(10)6-9(15)7-16-2/h9-10,15H,3-7H2,1-2H3. The van der Waals surface area contributed by atoms with Crippen LogP contribution in [0.2, 0.25) is 0 Å². The molecule has 96 valence electrons. The summed E-state index contributed by atoms with van der Waals surface area (Å²) in [4.78, 5) is 6.45. The van der Waals surface area contributed by atoms with E-state index in [0.717, 1.165) is 25.2 Å².